The summed E-state index contributed by atoms with van der Waals surface area (Å²) in [5.74, 6) is 0. The van der Waals surface area contributed by atoms with E-state index in [1.54, 1.807) is 12.1 Å². The number of rotatable bonds is 6. The molecule has 1 atom stereocenters. The van der Waals surface area contributed by atoms with E-state index in [1.807, 2.05) is 18.2 Å². The Hall–Kier alpha value is -2.40. The van der Waals surface area contributed by atoms with Gasteiger partial charge in [0.05, 0.1) is 25.9 Å². The Balaban J connectivity index is 1.71. The van der Waals surface area contributed by atoms with E-state index in [4.69, 9.17) is 16.3 Å². The van der Waals surface area contributed by atoms with Crippen molar-refractivity contribution in [2.45, 2.75) is 38.6 Å². The average Bonchev–Trinajstić information content (AvgIpc) is 3.10. The van der Waals surface area contributed by atoms with Crippen molar-refractivity contribution in [3.63, 3.8) is 0 Å². The Morgan fingerprint density at radius 1 is 1.35 bits per heavy atom. The van der Waals surface area contributed by atoms with E-state index in [1.165, 1.54) is 4.57 Å². The van der Waals surface area contributed by atoms with Gasteiger partial charge in [-0.25, -0.2) is 4.79 Å². The van der Waals surface area contributed by atoms with Crippen LogP contribution in [0.1, 0.15) is 23.2 Å². The summed E-state index contributed by atoms with van der Waals surface area (Å²) in [4.78, 5) is 24.9. The van der Waals surface area contributed by atoms with E-state index in [0.717, 1.165) is 16.6 Å². The first-order valence-corrected chi connectivity index (χ1v) is 8.66. The van der Waals surface area contributed by atoms with E-state index >= 15 is 0 Å². The van der Waals surface area contributed by atoms with Gasteiger partial charge >= 0.3 is 5.69 Å². The summed E-state index contributed by atoms with van der Waals surface area (Å²) in [6.45, 7) is 0.385. The fraction of sp³-hybridized carbons (Fsp3) is 0.389. The predicted octanol–water partition coefficient (Wildman–Crippen LogP) is 1.06. The minimum absolute atomic E-state index is 0.0220. The Morgan fingerprint density at radius 3 is 2.85 bits per heavy atom. The zero-order chi connectivity index (χ0) is 18.7. The lowest BCUT2D eigenvalue weighted by atomic mass is 10.2. The molecule has 0 saturated carbocycles. The number of aliphatic hydroxyl groups is 1. The molecule has 2 heterocycles. The van der Waals surface area contributed by atoms with Crippen LogP contribution in [0.2, 0.25) is 5.02 Å². The smallest absolute Gasteiger partial charge is 0.331 e. The predicted molar refractivity (Wildman–Crippen MR) is 95.1 cm³/mol. The lowest BCUT2D eigenvalue weighted by molar-refractivity contribution is 0.0191. The second-order valence-electron chi connectivity index (χ2n) is 6.15. The Morgan fingerprint density at radius 2 is 2.12 bits per heavy atom. The number of nitriles is 1. The van der Waals surface area contributed by atoms with Crippen molar-refractivity contribution in [2.24, 2.45) is 0 Å². The molecular formula is C18H18ClN3O4. The number of hydrogen-bond donors (Lipinski definition) is 1. The molecule has 7 nitrogen and oxygen atoms in total. The quantitative estimate of drug-likeness (QED) is 0.814. The van der Waals surface area contributed by atoms with E-state index in [-0.39, 0.29) is 25.3 Å². The first-order chi connectivity index (χ1) is 12.5. The van der Waals surface area contributed by atoms with Crippen LogP contribution in [-0.4, -0.2) is 27.0 Å². The summed E-state index contributed by atoms with van der Waals surface area (Å²) in [5, 5.41) is 20.0. The molecular weight excluding hydrogens is 358 g/mol. The maximum atomic E-state index is 12.5. The molecule has 1 aliphatic heterocycles. The van der Waals surface area contributed by atoms with Crippen LogP contribution in [0.3, 0.4) is 0 Å². The third-order valence-corrected chi connectivity index (χ3v) is 4.73. The number of nitrogens with zero attached hydrogens (tertiary/aromatic N) is 3. The molecule has 26 heavy (non-hydrogen) atoms. The number of benzene rings is 1. The summed E-state index contributed by atoms with van der Waals surface area (Å²) in [6.07, 6.45) is 0.198. The molecule has 0 unspecified atom stereocenters. The van der Waals surface area contributed by atoms with Crippen LogP contribution in [0.4, 0.5) is 0 Å². The second kappa shape index (κ2) is 7.87. The van der Waals surface area contributed by atoms with Crippen molar-refractivity contribution in [1.82, 2.24) is 9.13 Å². The topological polar surface area (TPSA) is 97.2 Å². The number of fused-ring (bicyclic) bond motifs is 1. The van der Waals surface area contributed by atoms with Gasteiger partial charge in [0.2, 0.25) is 0 Å². The van der Waals surface area contributed by atoms with Gasteiger partial charge in [-0.3, -0.25) is 13.9 Å². The van der Waals surface area contributed by atoms with Crippen LogP contribution in [0.5, 0.6) is 0 Å². The van der Waals surface area contributed by atoms with Gasteiger partial charge in [0, 0.05) is 17.3 Å². The highest BCUT2D eigenvalue weighted by molar-refractivity contribution is 6.31. The van der Waals surface area contributed by atoms with Gasteiger partial charge < -0.3 is 9.84 Å². The van der Waals surface area contributed by atoms with Gasteiger partial charge in [0.1, 0.15) is 11.6 Å². The highest BCUT2D eigenvalue weighted by Gasteiger charge is 2.23. The fourth-order valence-electron chi connectivity index (χ4n) is 3.09. The molecule has 136 valence electrons. The molecule has 0 saturated heterocycles. The summed E-state index contributed by atoms with van der Waals surface area (Å²) in [5.41, 5.74) is 0.0971. The molecule has 0 bridgehead atoms. The lowest BCUT2D eigenvalue weighted by Crippen LogP contribution is -2.44. The zero-order valence-electron chi connectivity index (χ0n) is 14.0. The van der Waals surface area contributed by atoms with E-state index < -0.39 is 17.4 Å². The van der Waals surface area contributed by atoms with Crippen molar-refractivity contribution in [2.75, 3.05) is 6.61 Å². The third-order valence-electron chi connectivity index (χ3n) is 4.36. The average molecular weight is 376 g/mol. The Kier molecular flexibility index (Phi) is 5.57. The molecule has 0 radical (unpaired) electrons. The van der Waals surface area contributed by atoms with Gasteiger partial charge in [-0.15, -0.1) is 0 Å². The van der Waals surface area contributed by atoms with Crippen LogP contribution >= 0.6 is 11.6 Å². The first kappa shape index (κ1) is 18.4. The number of hydrogen-bond acceptors (Lipinski definition) is 5. The maximum absolute atomic E-state index is 12.5. The summed E-state index contributed by atoms with van der Waals surface area (Å²) in [6, 6.07) is 9.07. The molecule has 1 aromatic carbocycles. The van der Waals surface area contributed by atoms with E-state index in [0.29, 0.717) is 23.7 Å². The van der Waals surface area contributed by atoms with E-state index in [2.05, 4.69) is 0 Å². The summed E-state index contributed by atoms with van der Waals surface area (Å²) < 4.78 is 7.80. The van der Waals surface area contributed by atoms with Gasteiger partial charge in [-0.2, -0.15) is 5.26 Å². The highest BCUT2D eigenvalue weighted by Crippen LogP contribution is 2.16. The largest absolute Gasteiger partial charge is 0.389 e. The number of halogens is 1. The van der Waals surface area contributed by atoms with Gasteiger partial charge in [0.25, 0.3) is 5.56 Å². The first-order valence-electron chi connectivity index (χ1n) is 8.28. The molecule has 0 aliphatic carbocycles. The maximum Gasteiger partial charge on any atom is 0.331 e. The zero-order valence-corrected chi connectivity index (χ0v) is 14.8. The summed E-state index contributed by atoms with van der Waals surface area (Å²) >= 11 is 6.04. The van der Waals surface area contributed by atoms with Crippen molar-refractivity contribution in [3.8, 4) is 6.07 Å². The van der Waals surface area contributed by atoms with Crippen LogP contribution in [0.15, 0.2) is 33.9 Å². The molecule has 8 heteroatoms. The van der Waals surface area contributed by atoms with Gasteiger partial charge in [-0.1, -0.05) is 29.8 Å². The summed E-state index contributed by atoms with van der Waals surface area (Å²) in [7, 11) is 0. The number of aliphatic hydroxyl groups excluding tert-OH is 1. The van der Waals surface area contributed by atoms with Crippen molar-refractivity contribution in [3.05, 3.63) is 66.9 Å². The Labute approximate surface area is 154 Å². The molecule has 0 spiro atoms. The van der Waals surface area contributed by atoms with Gasteiger partial charge in [-0.05, 0) is 24.5 Å². The van der Waals surface area contributed by atoms with Crippen molar-refractivity contribution >= 4 is 11.6 Å². The number of aromatic nitrogens is 2. The molecule has 3 rings (SSSR count). The minimum atomic E-state index is -1.06. The van der Waals surface area contributed by atoms with Crippen LogP contribution in [0.25, 0.3) is 0 Å². The highest BCUT2D eigenvalue weighted by atomic mass is 35.5. The number of ether oxygens (including phenoxy) is 1. The molecule has 1 aromatic heterocycles. The van der Waals surface area contributed by atoms with E-state index in [9.17, 15) is 20.0 Å². The fourth-order valence-corrected chi connectivity index (χ4v) is 3.28. The normalized spacial score (nSPS) is 14.0. The minimum Gasteiger partial charge on any atom is -0.389 e. The van der Waals surface area contributed by atoms with Crippen LogP contribution in [-0.2, 0) is 30.9 Å². The van der Waals surface area contributed by atoms with Crippen LogP contribution < -0.4 is 11.2 Å². The molecule has 0 fully saturated rings. The molecule has 1 N–H and O–H groups in total. The standard InChI is InChI=1S/C18H18ClN3O4/c19-15-5-2-1-4-12(15)10-26-11-13(23)9-22-17(24)14(8-20)16-6-3-7-21(16)18(22)25/h1-2,4-5,13,23H,3,6-7,9-11H2/t13-/m0/s1. The van der Waals surface area contributed by atoms with Gasteiger partial charge in [0.15, 0.2) is 0 Å². The molecule has 2 aromatic rings. The van der Waals surface area contributed by atoms with Crippen molar-refractivity contribution in [1.29, 1.82) is 5.26 Å². The second-order valence-corrected chi connectivity index (χ2v) is 6.55. The van der Waals surface area contributed by atoms with Crippen LogP contribution in [0, 0.1) is 11.3 Å². The Bertz CT molecular complexity index is 974. The van der Waals surface area contributed by atoms with Crippen molar-refractivity contribution < 1.29 is 9.84 Å². The SMILES string of the molecule is N#Cc1c2n(c(=O)n(C[C@H](O)COCc3ccccc3Cl)c1=O)CCC2. The lowest BCUT2D eigenvalue weighted by Gasteiger charge is -2.15. The monoisotopic (exact) mass is 375 g/mol. The molecule has 0 amide bonds. The molecule has 1 aliphatic rings. The third kappa shape index (κ3) is 3.58.